The molecule has 16 heavy (non-hydrogen) atoms. The van der Waals surface area contributed by atoms with E-state index in [-0.39, 0.29) is 18.0 Å². The number of halogens is 1. The third kappa shape index (κ3) is 4.29. The molecule has 3 heteroatoms. The lowest BCUT2D eigenvalue weighted by atomic mass is 10.1. The van der Waals surface area contributed by atoms with Crippen molar-refractivity contribution in [3.63, 3.8) is 0 Å². The molecule has 0 spiro atoms. The summed E-state index contributed by atoms with van der Waals surface area (Å²) in [5.41, 5.74) is 1.09. The van der Waals surface area contributed by atoms with Gasteiger partial charge in [0.1, 0.15) is 5.82 Å². The molecular formula is C13H20FNO. The maximum absolute atomic E-state index is 12.7. The first kappa shape index (κ1) is 13.1. The first-order chi connectivity index (χ1) is 7.63. The molecule has 1 aromatic carbocycles. The molecule has 0 aromatic heterocycles. The Morgan fingerprint density at radius 3 is 2.44 bits per heavy atom. The molecule has 0 aliphatic heterocycles. The number of nitrogens with one attached hydrogen (secondary N) is 1. The van der Waals surface area contributed by atoms with Crippen LogP contribution in [-0.4, -0.2) is 19.3 Å². The van der Waals surface area contributed by atoms with E-state index < -0.39 is 0 Å². The highest BCUT2D eigenvalue weighted by Gasteiger charge is 2.07. The molecule has 0 saturated carbocycles. The van der Waals surface area contributed by atoms with Crippen molar-refractivity contribution >= 4 is 0 Å². The van der Waals surface area contributed by atoms with E-state index in [0.29, 0.717) is 0 Å². The van der Waals surface area contributed by atoms with Crippen LogP contribution in [0.5, 0.6) is 0 Å². The molecule has 0 aliphatic rings. The molecule has 2 nitrogen and oxygen atoms in total. The Morgan fingerprint density at radius 1 is 1.25 bits per heavy atom. The van der Waals surface area contributed by atoms with Gasteiger partial charge in [-0.25, -0.2) is 4.39 Å². The molecule has 2 atom stereocenters. The highest BCUT2D eigenvalue weighted by molar-refractivity contribution is 5.19. The minimum atomic E-state index is -0.196. The Kier molecular flexibility index (Phi) is 5.43. The molecule has 1 rings (SSSR count). The van der Waals surface area contributed by atoms with Crippen LogP contribution in [0.15, 0.2) is 24.3 Å². The Balaban J connectivity index is 2.40. The van der Waals surface area contributed by atoms with Crippen molar-refractivity contribution in [2.24, 2.45) is 0 Å². The molecule has 0 amide bonds. The highest BCUT2D eigenvalue weighted by atomic mass is 19.1. The van der Waals surface area contributed by atoms with Gasteiger partial charge in [0.15, 0.2) is 0 Å². The minimum Gasteiger partial charge on any atom is -0.377 e. The standard InChI is InChI=1S/C13H20FNO/c1-4-16-10(2)9-15-11(3)12-5-7-13(14)8-6-12/h5-8,10-11,15H,4,9H2,1-3H3. The SMILES string of the molecule is CCOC(C)CNC(C)c1ccc(F)cc1. The van der Waals surface area contributed by atoms with Gasteiger partial charge in [0, 0.05) is 19.2 Å². The van der Waals surface area contributed by atoms with Gasteiger partial charge in [0.2, 0.25) is 0 Å². The van der Waals surface area contributed by atoms with Crippen LogP contribution in [0.4, 0.5) is 4.39 Å². The summed E-state index contributed by atoms with van der Waals surface area (Å²) in [5, 5.41) is 3.36. The summed E-state index contributed by atoms with van der Waals surface area (Å²) in [5.74, 6) is -0.196. The van der Waals surface area contributed by atoms with E-state index in [1.54, 1.807) is 12.1 Å². The molecular weight excluding hydrogens is 205 g/mol. The van der Waals surface area contributed by atoms with Crippen LogP contribution in [0.25, 0.3) is 0 Å². The molecule has 0 heterocycles. The van der Waals surface area contributed by atoms with E-state index in [4.69, 9.17) is 4.74 Å². The highest BCUT2D eigenvalue weighted by Crippen LogP contribution is 2.12. The van der Waals surface area contributed by atoms with E-state index in [1.165, 1.54) is 12.1 Å². The molecule has 90 valence electrons. The van der Waals surface area contributed by atoms with Crippen LogP contribution >= 0.6 is 0 Å². The Labute approximate surface area is 96.8 Å². The lowest BCUT2D eigenvalue weighted by Gasteiger charge is -2.18. The van der Waals surface area contributed by atoms with Gasteiger partial charge in [-0.3, -0.25) is 0 Å². The predicted octanol–water partition coefficient (Wildman–Crippen LogP) is 2.90. The fraction of sp³-hybridized carbons (Fsp3) is 0.538. The van der Waals surface area contributed by atoms with Gasteiger partial charge in [-0.1, -0.05) is 12.1 Å². The number of hydrogen-bond donors (Lipinski definition) is 1. The first-order valence-electron chi connectivity index (χ1n) is 5.74. The molecule has 2 unspecified atom stereocenters. The largest absolute Gasteiger partial charge is 0.377 e. The average molecular weight is 225 g/mol. The fourth-order valence-electron chi connectivity index (χ4n) is 1.56. The summed E-state index contributed by atoms with van der Waals surface area (Å²) in [6.45, 7) is 7.61. The summed E-state index contributed by atoms with van der Waals surface area (Å²) >= 11 is 0. The lowest BCUT2D eigenvalue weighted by Crippen LogP contribution is -2.29. The monoisotopic (exact) mass is 225 g/mol. The van der Waals surface area contributed by atoms with Gasteiger partial charge in [0.25, 0.3) is 0 Å². The topological polar surface area (TPSA) is 21.3 Å². The molecule has 0 radical (unpaired) electrons. The van der Waals surface area contributed by atoms with Gasteiger partial charge < -0.3 is 10.1 Å². The molecule has 1 aromatic rings. The zero-order valence-corrected chi connectivity index (χ0v) is 10.2. The van der Waals surface area contributed by atoms with E-state index in [1.807, 2.05) is 13.8 Å². The summed E-state index contributed by atoms with van der Waals surface area (Å²) in [6, 6.07) is 6.79. The smallest absolute Gasteiger partial charge is 0.123 e. The third-order valence-corrected chi connectivity index (χ3v) is 2.53. The van der Waals surface area contributed by atoms with Crippen molar-refractivity contribution in [2.45, 2.75) is 32.9 Å². The van der Waals surface area contributed by atoms with E-state index in [0.717, 1.165) is 18.7 Å². The third-order valence-electron chi connectivity index (χ3n) is 2.53. The number of benzene rings is 1. The number of hydrogen-bond acceptors (Lipinski definition) is 2. The second-order valence-electron chi connectivity index (χ2n) is 3.95. The molecule has 0 bridgehead atoms. The molecule has 0 aliphatic carbocycles. The fourth-order valence-corrected chi connectivity index (χ4v) is 1.56. The lowest BCUT2D eigenvalue weighted by molar-refractivity contribution is 0.0743. The number of rotatable bonds is 6. The van der Waals surface area contributed by atoms with Crippen LogP contribution in [0.1, 0.15) is 32.4 Å². The van der Waals surface area contributed by atoms with Crippen LogP contribution in [-0.2, 0) is 4.74 Å². The maximum atomic E-state index is 12.7. The van der Waals surface area contributed by atoms with E-state index >= 15 is 0 Å². The quantitative estimate of drug-likeness (QED) is 0.803. The Morgan fingerprint density at radius 2 is 1.88 bits per heavy atom. The molecule has 0 fully saturated rings. The van der Waals surface area contributed by atoms with Crippen LogP contribution in [0, 0.1) is 5.82 Å². The Bertz CT molecular complexity index is 299. The summed E-state index contributed by atoms with van der Waals surface area (Å²) in [6.07, 6.45) is 0.202. The number of ether oxygens (including phenoxy) is 1. The van der Waals surface area contributed by atoms with Gasteiger partial charge in [-0.15, -0.1) is 0 Å². The molecule has 0 saturated heterocycles. The van der Waals surface area contributed by atoms with Crippen molar-refractivity contribution in [1.29, 1.82) is 0 Å². The summed E-state index contributed by atoms with van der Waals surface area (Å²) in [7, 11) is 0. The van der Waals surface area contributed by atoms with Gasteiger partial charge in [-0.2, -0.15) is 0 Å². The van der Waals surface area contributed by atoms with Gasteiger partial charge in [0.05, 0.1) is 6.10 Å². The molecule has 1 N–H and O–H groups in total. The van der Waals surface area contributed by atoms with Gasteiger partial charge >= 0.3 is 0 Å². The minimum absolute atomic E-state index is 0.196. The van der Waals surface area contributed by atoms with E-state index in [2.05, 4.69) is 12.2 Å². The second kappa shape index (κ2) is 6.61. The van der Waals surface area contributed by atoms with Crippen LogP contribution in [0.2, 0.25) is 0 Å². The summed E-state index contributed by atoms with van der Waals surface area (Å²) in [4.78, 5) is 0. The zero-order chi connectivity index (χ0) is 12.0. The second-order valence-corrected chi connectivity index (χ2v) is 3.95. The Hall–Kier alpha value is -0.930. The van der Waals surface area contributed by atoms with E-state index in [9.17, 15) is 4.39 Å². The summed E-state index contributed by atoms with van der Waals surface area (Å²) < 4.78 is 18.1. The van der Waals surface area contributed by atoms with Crippen molar-refractivity contribution in [1.82, 2.24) is 5.32 Å². The van der Waals surface area contributed by atoms with Crippen LogP contribution < -0.4 is 5.32 Å². The van der Waals surface area contributed by atoms with Gasteiger partial charge in [-0.05, 0) is 38.5 Å². The predicted molar refractivity (Wildman–Crippen MR) is 63.9 cm³/mol. The zero-order valence-electron chi connectivity index (χ0n) is 10.2. The average Bonchev–Trinajstić information content (AvgIpc) is 2.27. The van der Waals surface area contributed by atoms with Crippen molar-refractivity contribution in [3.05, 3.63) is 35.6 Å². The maximum Gasteiger partial charge on any atom is 0.123 e. The van der Waals surface area contributed by atoms with Crippen molar-refractivity contribution in [3.8, 4) is 0 Å². The van der Waals surface area contributed by atoms with Crippen molar-refractivity contribution in [2.75, 3.05) is 13.2 Å². The normalized spacial score (nSPS) is 14.8. The van der Waals surface area contributed by atoms with Crippen molar-refractivity contribution < 1.29 is 9.13 Å². The first-order valence-corrected chi connectivity index (χ1v) is 5.74. The van der Waals surface area contributed by atoms with Crippen LogP contribution in [0.3, 0.4) is 0 Å².